The number of urea groups is 1. The van der Waals surface area contributed by atoms with Crippen molar-refractivity contribution in [1.29, 1.82) is 0 Å². The molecule has 0 bridgehead atoms. The predicted octanol–water partition coefficient (Wildman–Crippen LogP) is -0.270. The van der Waals surface area contributed by atoms with Gasteiger partial charge < -0.3 is 10.3 Å². The van der Waals surface area contributed by atoms with Crippen LogP contribution in [0.15, 0.2) is 18.3 Å². The van der Waals surface area contributed by atoms with Gasteiger partial charge in [-0.3, -0.25) is 5.43 Å². The van der Waals surface area contributed by atoms with E-state index in [2.05, 4.69) is 10.3 Å². The zero-order valence-corrected chi connectivity index (χ0v) is 6.63. The van der Waals surface area contributed by atoms with Crippen LogP contribution < -0.4 is 16.6 Å². The third-order valence-corrected chi connectivity index (χ3v) is 1.47. The molecule has 1 aromatic heterocycles. The molecule has 2 amide bonds. The number of aromatic amines is 1. The van der Waals surface area contributed by atoms with Gasteiger partial charge in [-0.1, -0.05) is 0 Å². The first kappa shape index (κ1) is 8.61. The number of carbonyl (C=O) groups is 1. The summed E-state index contributed by atoms with van der Waals surface area (Å²) in [7, 11) is 0. The highest BCUT2D eigenvalue weighted by molar-refractivity contribution is 5.72. The molecule has 5 N–H and O–H groups in total. The number of aromatic nitrogens is 1. The molecule has 0 fully saturated rings. The number of nitrogens with one attached hydrogen (secondary N) is 3. The Morgan fingerprint density at radius 1 is 1.67 bits per heavy atom. The Kier molecular flexibility index (Phi) is 3.16. The number of rotatable bonds is 3. The molecule has 0 aliphatic rings. The van der Waals surface area contributed by atoms with Crippen molar-refractivity contribution in [3.05, 3.63) is 24.0 Å². The molecular formula is C7H12N4O. The molecule has 0 aliphatic carbocycles. The summed E-state index contributed by atoms with van der Waals surface area (Å²) in [6, 6.07) is 3.52. The summed E-state index contributed by atoms with van der Waals surface area (Å²) in [6.45, 7) is 0.573. The number of hydrogen-bond acceptors (Lipinski definition) is 2. The second-order valence-corrected chi connectivity index (χ2v) is 2.35. The molecule has 0 unspecified atom stereocenters. The van der Waals surface area contributed by atoms with Gasteiger partial charge in [0.25, 0.3) is 0 Å². The summed E-state index contributed by atoms with van der Waals surface area (Å²) in [5, 5.41) is 2.58. The van der Waals surface area contributed by atoms with E-state index in [9.17, 15) is 4.79 Å². The molecule has 0 aliphatic heterocycles. The van der Waals surface area contributed by atoms with Crippen LogP contribution in [-0.2, 0) is 6.42 Å². The third-order valence-electron chi connectivity index (χ3n) is 1.47. The molecule has 1 heterocycles. The van der Waals surface area contributed by atoms with Crippen molar-refractivity contribution in [2.45, 2.75) is 6.42 Å². The maximum atomic E-state index is 10.6. The maximum absolute atomic E-state index is 10.6. The topological polar surface area (TPSA) is 82.9 Å². The minimum atomic E-state index is -0.360. The van der Waals surface area contributed by atoms with Crippen LogP contribution in [0.3, 0.4) is 0 Å². The minimum Gasteiger partial charge on any atom is -0.365 e. The second kappa shape index (κ2) is 4.40. The number of amides is 2. The van der Waals surface area contributed by atoms with Crippen LogP contribution in [0.5, 0.6) is 0 Å². The molecular weight excluding hydrogens is 156 g/mol. The lowest BCUT2D eigenvalue weighted by molar-refractivity contribution is 0.241. The summed E-state index contributed by atoms with van der Waals surface area (Å²) in [4.78, 5) is 13.6. The van der Waals surface area contributed by atoms with Gasteiger partial charge in [-0.25, -0.2) is 10.6 Å². The van der Waals surface area contributed by atoms with E-state index in [-0.39, 0.29) is 6.03 Å². The van der Waals surface area contributed by atoms with E-state index in [1.807, 2.05) is 23.8 Å². The lowest BCUT2D eigenvalue weighted by atomic mass is 10.3. The Bertz CT molecular complexity index is 232. The molecule has 5 nitrogen and oxygen atoms in total. The average molecular weight is 168 g/mol. The summed E-state index contributed by atoms with van der Waals surface area (Å²) in [5.74, 6) is 4.86. The standard InChI is InChI=1S/C7H12N4O/c8-11-7(12)10-5-3-6-2-1-4-9-6/h1-2,4,9H,3,5,8H2,(H2,10,11,12). The average Bonchev–Trinajstić information content (AvgIpc) is 2.57. The van der Waals surface area contributed by atoms with Crippen molar-refractivity contribution in [2.24, 2.45) is 5.84 Å². The van der Waals surface area contributed by atoms with E-state index in [0.29, 0.717) is 6.54 Å². The van der Waals surface area contributed by atoms with Gasteiger partial charge in [0.1, 0.15) is 0 Å². The Hall–Kier alpha value is -1.49. The van der Waals surface area contributed by atoms with Crippen LogP contribution >= 0.6 is 0 Å². The van der Waals surface area contributed by atoms with Crippen molar-refractivity contribution >= 4 is 6.03 Å². The van der Waals surface area contributed by atoms with Crippen molar-refractivity contribution in [3.8, 4) is 0 Å². The summed E-state index contributed by atoms with van der Waals surface area (Å²) >= 11 is 0. The van der Waals surface area contributed by atoms with Gasteiger partial charge in [0.05, 0.1) is 0 Å². The van der Waals surface area contributed by atoms with E-state index in [1.165, 1.54) is 0 Å². The first-order valence-corrected chi connectivity index (χ1v) is 3.69. The molecule has 0 saturated heterocycles. The van der Waals surface area contributed by atoms with E-state index in [1.54, 1.807) is 0 Å². The van der Waals surface area contributed by atoms with E-state index >= 15 is 0 Å². The van der Waals surface area contributed by atoms with Crippen LogP contribution in [0, 0.1) is 0 Å². The second-order valence-electron chi connectivity index (χ2n) is 2.35. The normalized spacial score (nSPS) is 9.42. The fourth-order valence-corrected chi connectivity index (χ4v) is 0.885. The Morgan fingerprint density at radius 2 is 2.50 bits per heavy atom. The largest absolute Gasteiger partial charge is 0.365 e. The van der Waals surface area contributed by atoms with Gasteiger partial charge >= 0.3 is 6.03 Å². The first-order chi connectivity index (χ1) is 5.83. The van der Waals surface area contributed by atoms with Crippen molar-refractivity contribution in [3.63, 3.8) is 0 Å². The van der Waals surface area contributed by atoms with Crippen LogP contribution in [-0.4, -0.2) is 17.6 Å². The molecule has 0 atom stereocenters. The first-order valence-electron chi connectivity index (χ1n) is 3.69. The van der Waals surface area contributed by atoms with Gasteiger partial charge in [-0.15, -0.1) is 0 Å². The molecule has 0 spiro atoms. The number of hydrogen-bond donors (Lipinski definition) is 4. The zero-order chi connectivity index (χ0) is 8.81. The fraction of sp³-hybridized carbons (Fsp3) is 0.286. The van der Waals surface area contributed by atoms with Gasteiger partial charge in [0, 0.05) is 24.9 Å². The minimum absolute atomic E-state index is 0.360. The van der Waals surface area contributed by atoms with Gasteiger partial charge in [-0.05, 0) is 12.1 Å². The van der Waals surface area contributed by atoms with Crippen LogP contribution in [0.2, 0.25) is 0 Å². The van der Waals surface area contributed by atoms with Crippen molar-refractivity contribution in [2.75, 3.05) is 6.54 Å². The van der Waals surface area contributed by atoms with E-state index in [4.69, 9.17) is 5.84 Å². The monoisotopic (exact) mass is 168 g/mol. The molecule has 12 heavy (non-hydrogen) atoms. The summed E-state index contributed by atoms with van der Waals surface area (Å²) < 4.78 is 0. The highest BCUT2D eigenvalue weighted by Gasteiger charge is 1.95. The molecule has 66 valence electrons. The molecule has 5 heteroatoms. The third kappa shape index (κ3) is 2.63. The van der Waals surface area contributed by atoms with E-state index in [0.717, 1.165) is 12.1 Å². The highest BCUT2D eigenvalue weighted by atomic mass is 16.2. The summed E-state index contributed by atoms with van der Waals surface area (Å²) in [6.07, 6.45) is 2.62. The maximum Gasteiger partial charge on any atom is 0.328 e. The Labute approximate surface area is 70.3 Å². The van der Waals surface area contributed by atoms with E-state index < -0.39 is 0 Å². The number of carbonyl (C=O) groups excluding carboxylic acids is 1. The number of hydrazine groups is 1. The lowest BCUT2D eigenvalue weighted by Crippen LogP contribution is -2.40. The van der Waals surface area contributed by atoms with Crippen LogP contribution in [0.25, 0.3) is 0 Å². The van der Waals surface area contributed by atoms with Crippen LogP contribution in [0.1, 0.15) is 5.69 Å². The van der Waals surface area contributed by atoms with Crippen molar-refractivity contribution < 1.29 is 4.79 Å². The van der Waals surface area contributed by atoms with Gasteiger partial charge in [0.15, 0.2) is 0 Å². The molecule has 0 saturated carbocycles. The van der Waals surface area contributed by atoms with Gasteiger partial charge in [-0.2, -0.15) is 0 Å². The Balaban J connectivity index is 2.15. The molecule has 1 rings (SSSR count). The van der Waals surface area contributed by atoms with Crippen molar-refractivity contribution in [1.82, 2.24) is 15.7 Å². The lowest BCUT2D eigenvalue weighted by Gasteiger charge is -2.01. The van der Waals surface area contributed by atoms with Gasteiger partial charge in [0.2, 0.25) is 0 Å². The smallest absolute Gasteiger partial charge is 0.328 e. The SMILES string of the molecule is NNC(=O)NCCc1ccc[nH]1. The predicted molar refractivity (Wildman–Crippen MR) is 45.2 cm³/mol. The highest BCUT2D eigenvalue weighted by Crippen LogP contribution is 1.93. The quantitative estimate of drug-likeness (QED) is 0.284. The molecule has 0 aromatic carbocycles. The molecule has 0 radical (unpaired) electrons. The zero-order valence-electron chi connectivity index (χ0n) is 6.63. The molecule has 1 aromatic rings. The Morgan fingerprint density at radius 3 is 3.08 bits per heavy atom. The summed E-state index contributed by atoms with van der Waals surface area (Å²) in [5.41, 5.74) is 3.07. The fourth-order valence-electron chi connectivity index (χ4n) is 0.885. The number of nitrogens with two attached hydrogens (primary N) is 1. The number of H-pyrrole nitrogens is 1. The van der Waals surface area contributed by atoms with Crippen LogP contribution in [0.4, 0.5) is 4.79 Å².